The molecule has 122 valence electrons. The highest BCUT2D eigenvalue weighted by Crippen LogP contribution is 2.31. The zero-order chi connectivity index (χ0) is 17.5. The summed E-state index contributed by atoms with van der Waals surface area (Å²) in [5, 5.41) is 5.65. The minimum absolute atomic E-state index is 0.0967. The van der Waals surface area contributed by atoms with Crippen LogP contribution in [0.25, 0.3) is 16.6 Å². The molecule has 5 nitrogen and oxygen atoms in total. The molecule has 0 bridgehead atoms. The average Bonchev–Trinajstić information content (AvgIpc) is 2.93. The molecule has 0 fully saturated rings. The minimum atomic E-state index is -3.98. The zero-order valence-corrected chi connectivity index (χ0v) is 13.5. The van der Waals surface area contributed by atoms with Gasteiger partial charge in [0.05, 0.1) is 18.3 Å². The maximum absolute atomic E-state index is 14.4. The fourth-order valence-corrected chi connectivity index (χ4v) is 3.25. The lowest BCUT2D eigenvalue weighted by Gasteiger charge is -2.08. The van der Waals surface area contributed by atoms with Crippen LogP contribution in [0.2, 0.25) is 0 Å². The van der Waals surface area contributed by atoms with Gasteiger partial charge in [-0.1, -0.05) is 5.92 Å². The molecule has 0 aliphatic rings. The number of hydrogen-bond donors (Lipinski definition) is 1. The van der Waals surface area contributed by atoms with Crippen molar-refractivity contribution in [2.75, 3.05) is 7.11 Å². The van der Waals surface area contributed by atoms with Crippen LogP contribution in [0.3, 0.4) is 0 Å². The molecule has 0 aliphatic carbocycles. The second-order valence-electron chi connectivity index (χ2n) is 5.10. The number of aromatic nitrogens is 1. The Morgan fingerprint density at radius 1 is 1.25 bits per heavy atom. The number of primary sulfonamides is 1. The van der Waals surface area contributed by atoms with Gasteiger partial charge in [0.25, 0.3) is 0 Å². The number of hydrogen-bond acceptors (Lipinski definition) is 3. The number of halogens is 1. The van der Waals surface area contributed by atoms with Crippen molar-refractivity contribution in [3.8, 4) is 23.8 Å². The van der Waals surface area contributed by atoms with Crippen LogP contribution in [0.4, 0.5) is 4.39 Å². The van der Waals surface area contributed by atoms with E-state index in [1.54, 1.807) is 24.3 Å². The number of sulfonamides is 1. The van der Waals surface area contributed by atoms with E-state index in [9.17, 15) is 12.8 Å². The number of methoxy groups -OCH3 is 1. The summed E-state index contributed by atoms with van der Waals surface area (Å²) in [5.74, 6) is 2.27. The van der Waals surface area contributed by atoms with Gasteiger partial charge in [0.15, 0.2) is 0 Å². The van der Waals surface area contributed by atoms with Gasteiger partial charge in [0.2, 0.25) is 10.0 Å². The largest absolute Gasteiger partial charge is 0.497 e. The fraction of sp³-hybridized carbons (Fsp3) is 0.0588. The number of ether oxygens (including phenoxy) is 1. The average molecular weight is 344 g/mol. The van der Waals surface area contributed by atoms with Crippen LogP contribution in [0.15, 0.2) is 47.5 Å². The summed E-state index contributed by atoms with van der Waals surface area (Å²) in [6.07, 6.45) is 6.55. The smallest absolute Gasteiger partial charge is 0.240 e. The normalized spacial score (nSPS) is 11.4. The van der Waals surface area contributed by atoms with E-state index in [0.29, 0.717) is 22.2 Å². The summed E-state index contributed by atoms with van der Waals surface area (Å²) in [6, 6.07) is 9.05. The first-order valence-electron chi connectivity index (χ1n) is 6.83. The molecule has 1 aromatic heterocycles. The molecular weight excluding hydrogens is 331 g/mol. The van der Waals surface area contributed by atoms with E-state index in [-0.39, 0.29) is 10.6 Å². The highest BCUT2D eigenvalue weighted by Gasteiger charge is 2.20. The van der Waals surface area contributed by atoms with E-state index >= 15 is 0 Å². The van der Waals surface area contributed by atoms with E-state index in [2.05, 4.69) is 5.92 Å². The van der Waals surface area contributed by atoms with Crippen LogP contribution in [-0.4, -0.2) is 20.1 Å². The quantitative estimate of drug-likeness (QED) is 0.742. The molecule has 0 saturated heterocycles. The van der Waals surface area contributed by atoms with Crippen LogP contribution in [0, 0.1) is 18.2 Å². The van der Waals surface area contributed by atoms with Gasteiger partial charge in [-0.15, -0.1) is 6.42 Å². The Hall–Kier alpha value is -2.82. The SMILES string of the molecule is C#Cc1ccc(-n2cc(S(N)(=O)=O)c3ccc(OC)cc32)c(F)c1. The van der Waals surface area contributed by atoms with Gasteiger partial charge in [-0.3, -0.25) is 0 Å². The lowest BCUT2D eigenvalue weighted by molar-refractivity contribution is 0.415. The van der Waals surface area contributed by atoms with E-state index in [0.717, 1.165) is 0 Å². The molecule has 2 aromatic carbocycles. The molecule has 0 aliphatic heterocycles. The van der Waals surface area contributed by atoms with Crippen molar-refractivity contribution in [3.05, 3.63) is 54.0 Å². The van der Waals surface area contributed by atoms with Crippen molar-refractivity contribution in [3.63, 3.8) is 0 Å². The van der Waals surface area contributed by atoms with Crippen molar-refractivity contribution in [2.24, 2.45) is 5.14 Å². The summed E-state index contributed by atoms with van der Waals surface area (Å²) >= 11 is 0. The number of fused-ring (bicyclic) bond motifs is 1. The molecule has 0 radical (unpaired) electrons. The predicted molar refractivity (Wildman–Crippen MR) is 89.1 cm³/mol. The number of benzene rings is 2. The maximum Gasteiger partial charge on any atom is 0.240 e. The first-order valence-corrected chi connectivity index (χ1v) is 8.38. The Morgan fingerprint density at radius 2 is 2.00 bits per heavy atom. The standard InChI is InChI=1S/C17H13FN2O3S/c1-3-11-4-7-15(14(18)8-11)20-10-17(24(19,21)22)13-6-5-12(23-2)9-16(13)20/h1,4-10H,2H3,(H2,19,21,22). The summed E-state index contributed by atoms with van der Waals surface area (Å²) in [4.78, 5) is -0.0967. The highest BCUT2D eigenvalue weighted by atomic mass is 32.2. The zero-order valence-electron chi connectivity index (χ0n) is 12.7. The number of nitrogens with zero attached hydrogens (tertiary/aromatic N) is 1. The van der Waals surface area contributed by atoms with Gasteiger partial charge in [-0.2, -0.15) is 0 Å². The van der Waals surface area contributed by atoms with E-state index < -0.39 is 15.8 Å². The van der Waals surface area contributed by atoms with Crippen LogP contribution >= 0.6 is 0 Å². The van der Waals surface area contributed by atoms with Gasteiger partial charge >= 0.3 is 0 Å². The molecule has 3 aromatic rings. The Labute approximate surface area is 138 Å². The molecule has 2 N–H and O–H groups in total. The minimum Gasteiger partial charge on any atom is -0.497 e. The molecule has 3 rings (SSSR count). The number of nitrogens with two attached hydrogens (primary N) is 1. The molecule has 0 spiro atoms. The first kappa shape index (κ1) is 16.1. The Kier molecular flexibility index (Phi) is 3.79. The van der Waals surface area contributed by atoms with Gasteiger partial charge in [0.1, 0.15) is 16.5 Å². The molecular formula is C17H13FN2O3S. The number of terminal acetylenes is 1. The topological polar surface area (TPSA) is 74.3 Å². The lowest BCUT2D eigenvalue weighted by Crippen LogP contribution is -2.11. The maximum atomic E-state index is 14.4. The van der Waals surface area contributed by atoms with Crippen LogP contribution < -0.4 is 9.88 Å². The third kappa shape index (κ3) is 2.62. The molecule has 7 heteroatoms. The van der Waals surface area contributed by atoms with Crippen molar-refractivity contribution in [1.82, 2.24) is 4.57 Å². The van der Waals surface area contributed by atoms with Gasteiger partial charge < -0.3 is 9.30 Å². The van der Waals surface area contributed by atoms with Crippen molar-refractivity contribution < 1.29 is 17.5 Å². The third-order valence-corrected chi connectivity index (χ3v) is 4.60. The molecule has 1 heterocycles. The molecule has 0 saturated carbocycles. The molecule has 0 atom stereocenters. The second-order valence-corrected chi connectivity index (χ2v) is 6.63. The van der Waals surface area contributed by atoms with Gasteiger partial charge in [0, 0.05) is 23.2 Å². The Morgan fingerprint density at radius 3 is 2.58 bits per heavy atom. The highest BCUT2D eigenvalue weighted by molar-refractivity contribution is 7.89. The van der Waals surface area contributed by atoms with Gasteiger partial charge in [-0.25, -0.2) is 17.9 Å². The lowest BCUT2D eigenvalue weighted by atomic mass is 10.2. The first-order chi connectivity index (χ1) is 11.3. The fourth-order valence-electron chi connectivity index (χ4n) is 2.52. The van der Waals surface area contributed by atoms with Crippen molar-refractivity contribution in [2.45, 2.75) is 4.90 Å². The van der Waals surface area contributed by atoms with E-state index in [4.69, 9.17) is 16.3 Å². The van der Waals surface area contributed by atoms with Crippen LogP contribution in [0.5, 0.6) is 5.75 Å². The summed E-state index contributed by atoms with van der Waals surface area (Å²) < 4.78 is 44.7. The van der Waals surface area contributed by atoms with Gasteiger partial charge in [-0.05, 0) is 30.3 Å². The predicted octanol–water partition coefficient (Wildman–Crippen LogP) is 2.41. The molecule has 0 unspecified atom stereocenters. The molecule has 0 amide bonds. The monoisotopic (exact) mass is 344 g/mol. The van der Waals surface area contributed by atoms with E-state index in [1.165, 1.54) is 30.0 Å². The Balaban J connectivity index is 2.38. The van der Waals surface area contributed by atoms with Crippen molar-refractivity contribution >= 4 is 20.9 Å². The number of rotatable bonds is 3. The van der Waals surface area contributed by atoms with Crippen molar-refractivity contribution in [1.29, 1.82) is 0 Å². The second kappa shape index (κ2) is 5.67. The third-order valence-electron chi connectivity index (χ3n) is 3.66. The Bertz CT molecular complexity index is 1090. The summed E-state index contributed by atoms with van der Waals surface area (Å²) in [6.45, 7) is 0. The molecule has 24 heavy (non-hydrogen) atoms. The van der Waals surface area contributed by atoms with Crippen LogP contribution in [-0.2, 0) is 10.0 Å². The van der Waals surface area contributed by atoms with E-state index in [1.807, 2.05) is 0 Å². The summed E-state index contributed by atoms with van der Waals surface area (Å²) in [5.41, 5.74) is 0.991. The summed E-state index contributed by atoms with van der Waals surface area (Å²) in [7, 11) is -2.49. The van der Waals surface area contributed by atoms with Crippen LogP contribution in [0.1, 0.15) is 5.56 Å².